The number of allylic oxidation sites excluding steroid dienone is 1. The molecule has 0 aromatic heterocycles. The first kappa shape index (κ1) is 30.1. The number of hydrogen-bond donors (Lipinski definition) is 2. The van der Waals surface area contributed by atoms with Crippen LogP contribution in [0.5, 0.6) is 5.75 Å². The van der Waals surface area contributed by atoms with Gasteiger partial charge in [-0.05, 0) is 116 Å². The quantitative estimate of drug-likeness (QED) is 0.371. The van der Waals surface area contributed by atoms with Crippen LogP contribution in [-0.2, 0) is 21.9 Å². The number of carbonyl (C=O) groups is 1. The van der Waals surface area contributed by atoms with E-state index in [-0.39, 0.29) is 29.1 Å². The van der Waals surface area contributed by atoms with Crippen molar-refractivity contribution in [3.05, 3.63) is 70.3 Å². The van der Waals surface area contributed by atoms with Crippen LogP contribution in [0.1, 0.15) is 79.8 Å². The average molecular weight is 639 g/mol. The summed E-state index contributed by atoms with van der Waals surface area (Å²) >= 11 is 6.41. The lowest BCUT2D eigenvalue weighted by Gasteiger charge is -2.45. The molecular formula is C35H43ClN2O5S. The van der Waals surface area contributed by atoms with Crippen LogP contribution in [-0.4, -0.2) is 50.5 Å². The molecule has 0 saturated heterocycles. The van der Waals surface area contributed by atoms with Gasteiger partial charge in [-0.3, -0.25) is 4.79 Å². The van der Waals surface area contributed by atoms with Gasteiger partial charge < -0.3 is 14.7 Å². The number of rotatable bonds is 1. The van der Waals surface area contributed by atoms with E-state index in [4.69, 9.17) is 16.3 Å². The van der Waals surface area contributed by atoms with Crippen LogP contribution >= 0.6 is 11.6 Å². The van der Waals surface area contributed by atoms with Crippen molar-refractivity contribution in [2.45, 2.75) is 81.5 Å². The van der Waals surface area contributed by atoms with E-state index in [0.717, 1.165) is 68.6 Å². The van der Waals surface area contributed by atoms with Gasteiger partial charge in [-0.15, -0.1) is 0 Å². The molecule has 236 valence electrons. The lowest BCUT2D eigenvalue weighted by molar-refractivity contribution is 0.0455. The molecule has 2 aromatic carbocycles. The van der Waals surface area contributed by atoms with Crippen molar-refractivity contribution in [1.29, 1.82) is 0 Å². The summed E-state index contributed by atoms with van der Waals surface area (Å²) in [7, 11) is -3.93. The van der Waals surface area contributed by atoms with E-state index in [1.54, 1.807) is 6.07 Å². The van der Waals surface area contributed by atoms with Crippen molar-refractivity contribution in [2.24, 2.45) is 23.7 Å². The lowest BCUT2D eigenvalue weighted by Crippen LogP contribution is -2.49. The number of nitrogens with one attached hydrogen (secondary N) is 1. The molecule has 2 aromatic rings. The highest BCUT2D eigenvalue weighted by molar-refractivity contribution is 7.90. The van der Waals surface area contributed by atoms with E-state index >= 15 is 0 Å². The minimum absolute atomic E-state index is 0.0314. The average Bonchev–Trinajstić information content (AvgIpc) is 3.09. The molecule has 2 heterocycles. The second kappa shape index (κ2) is 11.7. The van der Waals surface area contributed by atoms with Crippen molar-refractivity contribution in [2.75, 3.05) is 24.6 Å². The Bertz CT molecular complexity index is 1570. The van der Waals surface area contributed by atoms with Crippen LogP contribution in [0.2, 0.25) is 5.02 Å². The third-order valence-corrected chi connectivity index (χ3v) is 13.6. The number of nitrogens with zero attached hydrogens (tertiary/aromatic N) is 1. The first-order valence-electron chi connectivity index (χ1n) is 16.3. The topological polar surface area (TPSA) is 95.9 Å². The van der Waals surface area contributed by atoms with Crippen LogP contribution in [0.4, 0.5) is 5.69 Å². The molecule has 0 radical (unpaired) electrons. The number of hydrogen-bond acceptors (Lipinski definition) is 6. The molecule has 44 heavy (non-hydrogen) atoms. The van der Waals surface area contributed by atoms with Gasteiger partial charge >= 0.3 is 0 Å². The van der Waals surface area contributed by atoms with Crippen LogP contribution < -0.4 is 14.4 Å². The Hall–Kier alpha value is -2.55. The molecule has 5 aliphatic rings. The van der Waals surface area contributed by atoms with Crippen LogP contribution in [0.15, 0.2) is 48.6 Å². The predicted molar refractivity (Wildman–Crippen MR) is 173 cm³/mol. The van der Waals surface area contributed by atoms with Gasteiger partial charge in [0.1, 0.15) is 5.75 Å². The van der Waals surface area contributed by atoms with Crippen LogP contribution in [0.25, 0.3) is 0 Å². The fraction of sp³-hybridized carbons (Fsp3) is 0.571. The molecule has 1 amide bonds. The summed E-state index contributed by atoms with van der Waals surface area (Å²) < 4.78 is 36.6. The third-order valence-electron chi connectivity index (χ3n) is 11.3. The molecule has 2 saturated carbocycles. The van der Waals surface area contributed by atoms with Gasteiger partial charge in [-0.25, -0.2) is 13.1 Å². The number of aryl methyl sites for hydroxylation is 1. The fourth-order valence-corrected chi connectivity index (χ4v) is 10.8. The minimum Gasteiger partial charge on any atom is -0.490 e. The summed E-state index contributed by atoms with van der Waals surface area (Å²) in [4.78, 5) is 16.0. The Balaban J connectivity index is 1.29. The maximum atomic E-state index is 13.8. The van der Waals surface area contributed by atoms with E-state index in [1.165, 1.54) is 11.1 Å². The minimum atomic E-state index is -3.93. The molecule has 3 aliphatic carbocycles. The molecule has 1 spiro atoms. The Labute approximate surface area is 266 Å². The van der Waals surface area contributed by atoms with E-state index in [0.29, 0.717) is 30.9 Å². The summed E-state index contributed by atoms with van der Waals surface area (Å²) in [5.41, 5.74) is 3.38. The first-order chi connectivity index (χ1) is 21.1. The fourth-order valence-electron chi connectivity index (χ4n) is 8.57. The Morgan fingerprint density at radius 1 is 1.07 bits per heavy atom. The van der Waals surface area contributed by atoms with Gasteiger partial charge in [0, 0.05) is 29.1 Å². The number of sulfonamides is 1. The summed E-state index contributed by atoms with van der Waals surface area (Å²) in [5, 5.41) is 11.3. The number of amides is 1. The van der Waals surface area contributed by atoms with E-state index in [2.05, 4.69) is 21.8 Å². The van der Waals surface area contributed by atoms with Crippen molar-refractivity contribution in [3.63, 3.8) is 0 Å². The summed E-state index contributed by atoms with van der Waals surface area (Å²) in [6.07, 6.45) is 11.5. The largest absolute Gasteiger partial charge is 0.490 e. The second-order valence-electron chi connectivity index (χ2n) is 14.1. The maximum absolute atomic E-state index is 13.8. The van der Waals surface area contributed by atoms with Gasteiger partial charge in [0.2, 0.25) is 10.0 Å². The molecule has 6 atom stereocenters. The van der Waals surface area contributed by atoms with Crippen molar-refractivity contribution >= 4 is 33.2 Å². The van der Waals surface area contributed by atoms with Crippen molar-refractivity contribution < 1.29 is 23.1 Å². The first-order valence-corrected chi connectivity index (χ1v) is 18.3. The number of aliphatic hydroxyl groups is 1. The summed E-state index contributed by atoms with van der Waals surface area (Å²) in [5.74, 6) is 0.370. The highest BCUT2D eigenvalue weighted by atomic mass is 35.5. The smallest absolute Gasteiger partial charge is 0.264 e. The van der Waals surface area contributed by atoms with Gasteiger partial charge in [0.05, 0.1) is 23.6 Å². The summed E-state index contributed by atoms with van der Waals surface area (Å²) in [6.45, 7) is 3.88. The number of fused-ring (bicyclic) bond motifs is 4. The van der Waals surface area contributed by atoms with Crippen molar-refractivity contribution in [3.8, 4) is 5.75 Å². The van der Waals surface area contributed by atoms with E-state index in [1.807, 2.05) is 37.3 Å². The van der Waals surface area contributed by atoms with Gasteiger partial charge in [0.25, 0.3) is 5.91 Å². The summed E-state index contributed by atoms with van der Waals surface area (Å²) in [6, 6.07) is 11.5. The molecule has 0 unspecified atom stereocenters. The standard InChI is InChI=1S/C35H43ClN2O5S/c1-22-5-2-9-31(39)28-13-10-26(28)19-38-20-35(16-4-8-24-17-27(36)12-14-29(24)35)21-43-32-15-11-25(18-30(32)38)34(40)37-44(41,42)33(22)23-6-3-7-23/h2,9,11-12,14-15,17-18,22-23,26,28,31,33,39H,3-8,10,13,16,19-21H2,1H3,(H,37,40)/b9-2+/t22-,26-,28+,31-,33+,35-/m0/s1. The molecule has 7 rings (SSSR count). The normalized spacial score (nSPS) is 34.3. The van der Waals surface area contributed by atoms with Crippen molar-refractivity contribution in [1.82, 2.24) is 4.72 Å². The molecule has 2 aliphatic heterocycles. The zero-order chi connectivity index (χ0) is 30.6. The molecule has 2 N–H and O–H groups in total. The number of halogens is 1. The molecule has 9 heteroatoms. The number of ether oxygens (including phenoxy) is 1. The zero-order valence-corrected chi connectivity index (χ0v) is 27.0. The number of benzene rings is 2. The zero-order valence-electron chi connectivity index (χ0n) is 25.4. The number of carbonyl (C=O) groups excluding carboxylic acids is 1. The molecule has 2 bridgehead atoms. The number of anilines is 1. The van der Waals surface area contributed by atoms with E-state index < -0.39 is 27.3 Å². The Morgan fingerprint density at radius 3 is 2.66 bits per heavy atom. The highest BCUT2D eigenvalue weighted by Gasteiger charge is 2.45. The highest BCUT2D eigenvalue weighted by Crippen LogP contribution is 2.47. The second-order valence-corrected chi connectivity index (χ2v) is 16.3. The maximum Gasteiger partial charge on any atom is 0.264 e. The SMILES string of the molecule is C[C@H]1C/C=C/[C@H](O)[C@@H]2CC[C@H]2CN2C[C@@]3(CCCc4cc(Cl)ccc43)COc3ccc(cc32)C(=O)NS(=O)(=O)[C@H]1C1CCC1. The van der Waals surface area contributed by atoms with Crippen LogP contribution in [0, 0.1) is 23.7 Å². The van der Waals surface area contributed by atoms with Gasteiger partial charge in [-0.1, -0.05) is 43.2 Å². The predicted octanol–water partition coefficient (Wildman–Crippen LogP) is 6.02. The van der Waals surface area contributed by atoms with Gasteiger partial charge in [0.15, 0.2) is 0 Å². The Morgan fingerprint density at radius 2 is 1.91 bits per heavy atom. The third kappa shape index (κ3) is 5.45. The van der Waals surface area contributed by atoms with Crippen LogP contribution in [0.3, 0.4) is 0 Å². The molecule has 2 fully saturated rings. The lowest BCUT2D eigenvalue weighted by atomic mass is 9.68. The monoisotopic (exact) mass is 638 g/mol. The molecular weight excluding hydrogens is 596 g/mol. The Kier molecular flexibility index (Phi) is 7.99. The van der Waals surface area contributed by atoms with E-state index in [9.17, 15) is 18.3 Å². The van der Waals surface area contributed by atoms with Gasteiger partial charge in [-0.2, -0.15) is 0 Å². The molecule has 7 nitrogen and oxygen atoms in total. The number of aliphatic hydroxyl groups excluding tert-OH is 1.